The van der Waals surface area contributed by atoms with Crippen LogP contribution in [0.25, 0.3) is 10.8 Å². The summed E-state index contributed by atoms with van der Waals surface area (Å²) in [6, 6.07) is 15.9. The molecule has 124 valence electrons. The molecule has 5 nitrogen and oxygen atoms in total. The molecule has 0 N–H and O–H groups in total. The summed E-state index contributed by atoms with van der Waals surface area (Å²) in [5, 5.41) is 0.810. The second kappa shape index (κ2) is 5.40. The average molecular weight is 372 g/mol. The van der Waals surface area contributed by atoms with Crippen LogP contribution in [0.1, 0.15) is 20.7 Å². The van der Waals surface area contributed by atoms with Crippen molar-refractivity contribution in [1.82, 2.24) is 0 Å². The molecule has 1 heterocycles. The minimum atomic E-state index is -3.97. The van der Waals surface area contributed by atoms with Crippen LogP contribution in [0.3, 0.4) is 0 Å². The molecule has 0 spiro atoms. The Morgan fingerprint density at radius 1 is 0.720 bits per heavy atom. The molecule has 0 saturated heterocycles. The summed E-state index contributed by atoms with van der Waals surface area (Å²) in [4.78, 5) is 26.4. The number of nitrogens with zero attached hydrogens (tertiary/aromatic N) is 1. The zero-order valence-electron chi connectivity index (χ0n) is 12.6. The summed E-state index contributed by atoms with van der Waals surface area (Å²) < 4.78 is 23.6. The van der Waals surface area contributed by atoms with Crippen LogP contribution < -0.4 is 4.90 Å². The van der Waals surface area contributed by atoms with E-state index in [2.05, 4.69) is 0 Å². The first kappa shape index (κ1) is 15.8. The van der Waals surface area contributed by atoms with E-state index in [0.717, 1.165) is 4.90 Å². The van der Waals surface area contributed by atoms with Crippen LogP contribution in [-0.2, 0) is 9.05 Å². The van der Waals surface area contributed by atoms with Gasteiger partial charge in [0.25, 0.3) is 20.9 Å². The number of carbonyl (C=O) groups is 2. The molecule has 0 radical (unpaired) electrons. The van der Waals surface area contributed by atoms with Crippen LogP contribution in [0.5, 0.6) is 0 Å². The first-order valence-electron chi connectivity index (χ1n) is 7.34. The van der Waals surface area contributed by atoms with Gasteiger partial charge < -0.3 is 0 Å². The second-order valence-corrected chi connectivity index (χ2v) is 8.09. The van der Waals surface area contributed by atoms with Gasteiger partial charge in [-0.2, -0.15) is 0 Å². The lowest BCUT2D eigenvalue weighted by molar-refractivity contribution is 0.0926. The smallest absolute Gasteiger partial charge is 0.266 e. The van der Waals surface area contributed by atoms with Crippen molar-refractivity contribution in [3.63, 3.8) is 0 Å². The van der Waals surface area contributed by atoms with Crippen molar-refractivity contribution in [1.29, 1.82) is 0 Å². The molecule has 25 heavy (non-hydrogen) atoms. The van der Waals surface area contributed by atoms with Gasteiger partial charge in [0.15, 0.2) is 0 Å². The molecule has 4 rings (SSSR count). The maximum Gasteiger partial charge on any atom is 0.266 e. The Bertz CT molecular complexity index is 1140. The van der Waals surface area contributed by atoms with Gasteiger partial charge in [-0.25, -0.2) is 13.3 Å². The summed E-state index contributed by atoms with van der Waals surface area (Å²) in [5.74, 6) is -0.875. The summed E-state index contributed by atoms with van der Waals surface area (Å²) in [7, 11) is 1.54. The largest absolute Gasteiger partial charge is 0.268 e. The molecule has 0 saturated carbocycles. The number of carbonyl (C=O) groups excluding carboxylic acids is 2. The molecule has 0 unspecified atom stereocenters. The fraction of sp³-hybridized carbons (Fsp3) is 0. The SMILES string of the molecule is O=C1c2ccccc2C(=O)N1c1ccc(S(=O)(=O)Cl)c2ccccc12. The molecule has 3 aromatic rings. The molecule has 7 heteroatoms. The Balaban J connectivity index is 1.99. The van der Waals surface area contributed by atoms with E-state index in [-0.39, 0.29) is 4.90 Å². The van der Waals surface area contributed by atoms with E-state index >= 15 is 0 Å². The van der Waals surface area contributed by atoms with E-state index in [4.69, 9.17) is 10.7 Å². The third-order valence-electron chi connectivity index (χ3n) is 4.16. The van der Waals surface area contributed by atoms with Gasteiger partial charge in [-0.3, -0.25) is 9.59 Å². The predicted molar refractivity (Wildman–Crippen MR) is 94.6 cm³/mol. The van der Waals surface area contributed by atoms with Gasteiger partial charge in [0.2, 0.25) is 0 Å². The number of imide groups is 1. The summed E-state index contributed by atoms with van der Waals surface area (Å²) in [6.07, 6.45) is 0. The highest BCUT2D eigenvalue weighted by molar-refractivity contribution is 8.14. The van der Waals surface area contributed by atoms with E-state index in [1.165, 1.54) is 12.1 Å². The van der Waals surface area contributed by atoms with E-state index < -0.39 is 20.9 Å². The highest BCUT2D eigenvalue weighted by Gasteiger charge is 2.37. The Labute approximate surface area is 147 Å². The van der Waals surface area contributed by atoms with Gasteiger partial charge >= 0.3 is 0 Å². The molecular weight excluding hydrogens is 362 g/mol. The highest BCUT2D eigenvalue weighted by Crippen LogP contribution is 2.36. The molecule has 1 aliphatic heterocycles. The average Bonchev–Trinajstić information content (AvgIpc) is 2.85. The molecule has 0 aliphatic carbocycles. The number of hydrogen-bond acceptors (Lipinski definition) is 4. The van der Waals surface area contributed by atoms with E-state index in [9.17, 15) is 18.0 Å². The zero-order chi connectivity index (χ0) is 17.8. The van der Waals surface area contributed by atoms with Crippen molar-refractivity contribution in [2.75, 3.05) is 4.90 Å². The van der Waals surface area contributed by atoms with Crippen LogP contribution >= 0.6 is 10.7 Å². The normalized spacial score (nSPS) is 14.2. The number of amides is 2. The van der Waals surface area contributed by atoms with Crippen LogP contribution in [0.15, 0.2) is 65.6 Å². The van der Waals surface area contributed by atoms with Crippen molar-refractivity contribution >= 4 is 48.0 Å². The lowest BCUT2D eigenvalue weighted by Crippen LogP contribution is -2.29. The van der Waals surface area contributed by atoms with Gasteiger partial charge in [0, 0.05) is 21.5 Å². The van der Waals surface area contributed by atoms with Crippen molar-refractivity contribution < 1.29 is 18.0 Å². The van der Waals surface area contributed by atoms with Crippen LogP contribution in [-0.4, -0.2) is 20.2 Å². The number of benzene rings is 3. The van der Waals surface area contributed by atoms with Gasteiger partial charge in [-0.15, -0.1) is 0 Å². The monoisotopic (exact) mass is 371 g/mol. The number of hydrogen-bond donors (Lipinski definition) is 0. The summed E-state index contributed by atoms with van der Waals surface area (Å²) in [5.41, 5.74) is 0.974. The fourth-order valence-corrected chi connectivity index (χ4v) is 4.15. The molecular formula is C18H10ClNO4S. The quantitative estimate of drug-likeness (QED) is 0.510. The van der Waals surface area contributed by atoms with Gasteiger partial charge in [-0.05, 0) is 24.3 Å². The van der Waals surface area contributed by atoms with Crippen LogP contribution in [0.4, 0.5) is 5.69 Å². The number of rotatable bonds is 2. The zero-order valence-corrected chi connectivity index (χ0v) is 14.2. The number of anilines is 1. The lowest BCUT2D eigenvalue weighted by atomic mass is 10.1. The number of halogens is 1. The Morgan fingerprint density at radius 3 is 1.80 bits per heavy atom. The minimum Gasteiger partial charge on any atom is -0.268 e. The molecule has 0 atom stereocenters. The molecule has 2 amide bonds. The van der Waals surface area contributed by atoms with E-state index in [1.54, 1.807) is 48.5 Å². The van der Waals surface area contributed by atoms with Crippen LogP contribution in [0.2, 0.25) is 0 Å². The van der Waals surface area contributed by atoms with Crippen LogP contribution in [0, 0.1) is 0 Å². The molecule has 1 aliphatic rings. The van der Waals surface area contributed by atoms with Crippen molar-refractivity contribution in [3.05, 3.63) is 71.8 Å². The predicted octanol–water partition coefficient (Wildman–Crippen LogP) is 3.57. The molecule has 0 fully saturated rings. The standard InChI is InChI=1S/C18H10ClNO4S/c19-25(23,24)16-10-9-15(11-5-1-2-6-12(11)16)20-17(21)13-7-3-4-8-14(13)18(20)22/h1-10H. The topological polar surface area (TPSA) is 71.5 Å². The summed E-state index contributed by atoms with van der Waals surface area (Å²) in [6.45, 7) is 0. The first-order chi connectivity index (χ1) is 11.9. The Kier molecular flexibility index (Phi) is 3.42. The third kappa shape index (κ3) is 2.33. The van der Waals surface area contributed by atoms with Crippen molar-refractivity contribution in [2.24, 2.45) is 0 Å². The first-order valence-corrected chi connectivity index (χ1v) is 9.65. The maximum atomic E-state index is 12.7. The van der Waals surface area contributed by atoms with Gasteiger partial charge in [0.1, 0.15) is 0 Å². The molecule has 0 bridgehead atoms. The minimum absolute atomic E-state index is 0.0647. The lowest BCUT2D eigenvalue weighted by Gasteiger charge is -2.17. The highest BCUT2D eigenvalue weighted by atomic mass is 35.7. The Morgan fingerprint density at radius 2 is 1.24 bits per heavy atom. The van der Waals surface area contributed by atoms with E-state index in [0.29, 0.717) is 27.6 Å². The molecule has 0 aromatic heterocycles. The fourth-order valence-electron chi connectivity index (χ4n) is 3.07. The van der Waals surface area contributed by atoms with Gasteiger partial charge in [0.05, 0.1) is 21.7 Å². The summed E-state index contributed by atoms with van der Waals surface area (Å²) >= 11 is 0. The van der Waals surface area contributed by atoms with Crippen molar-refractivity contribution in [3.8, 4) is 0 Å². The number of fused-ring (bicyclic) bond motifs is 2. The maximum absolute atomic E-state index is 12.7. The van der Waals surface area contributed by atoms with Gasteiger partial charge in [-0.1, -0.05) is 36.4 Å². The third-order valence-corrected chi connectivity index (χ3v) is 5.54. The van der Waals surface area contributed by atoms with E-state index in [1.807, 2.05) is 0 Å². The molecule has 3 aromatic carbocycles. The Hall–Kier alpha value is -2.70. The second-order valence-electron chi connectivity index (χ2n) is 5.56. The van der Waals surface area contributed by atoms with Crippen molar-refractivity contribution in [2.45, 2.75) is 4.90 Å².